The number of hydrogen-bond acceptors (Lipinski definition) is 2. The van der Waals surface area contributed by atoms with E-state index in [1.54, 1.807) is 0 Å². The molecule has 0 saturated heterocycles. The average molecular weight is 265 g/mol. The summed E-state index contributed by atoms with van der Waals surface area (Å²) in [5, 5.41) is 2.90. The smallest absolute Gasteiger partial charge is 0.274 e. The number of nitrogens with zero attached hydrogens (tertiary/aromatic N) is 2. The number of anilines is 1. The molecule has 0 bridgehead atoms. The number of aromatic nitrogens is 2. The van der Waals surface area contributed by atoms with Crippen LogP contribution in [0.1, 0.15) is 21.7 Å². The molecule has 4 nitrogen and oxygen atoms in total. The summed E-state index contributed by atoms with van der Waals surface area (Å²) in [6.45, 7) is 3.84. The number of carbonyl (C=O) groups is 1. The van der Waals surface area contributed by atoms with E-state index in [-0.39, 0.29) is 5.91 Å². The number of benzene rings is 1. The largest absolute Gasteiger partial charge is 0.321 e. The molecule has 3 aromatic rings. The Morgan fingerprint density at radius 1 is 1.10 bits per heavy atom. The molecule has 0 radical (unpaired) electrons. The normalized spacial score (nSPS) is 10.7. The lowest BCUT2D eigenvalue weighted by Crippen LogP contribution is -2.15. The molecule has 100 valence electrons. The molecular formula is C16H15N3O. The number of aryl methyl sites for hydroxylation is 2. The van der Waals surface area contributed by atoms with Crippen LogP contribution in [0.5, 0.6) is 0 Å². The van der Waals surface area contributed by atoms with Gasteiger partial charge in [0.1, 0.15) is 11.3 Å². The maximum atomic E-state index is 12.4. The summed E-state index contributed by atoms with van der Waals surface area (Å²) in [6.07, 6.45) is 1.86. The fraction of sp³-hybridized carbons (Fsp3) is 0.125. The Kier molecular flexibility index (Phi) is 2.99. The Hall–Kier alpha value is -2.62. The Bertz CT molecular complexity index is 775. The molecule has 0 aliphatic rings. The van der Waals surface area contributed by atoms with Gasteiger partial charge in [0, 0.05) is 11.9 Å². The molecule has 0 aliphatic carbocycles. The number of rotatable bonds is 2. The maximum Gasteiger partial charge on any atom is 0.274 e. The van der Waals surface area contributed by atoms with Crippen LogP contribution in [0.3, 0.4) is 0 Å². The van der Waals surface area contributed by atoms with Gasteiger partial charge in [-0.3, -0.25) is 9.20 Å². The number of fused-ring (bicyclic) bond motifs is 1. The summed E-state index contributed by atoms with van der Waals surface area (Å²) < 4.78 is 1.84. The molecule has 0 spiro atoms. The van der Waals surface area contributed by atoms with Gasteiger partial charge in [0.25, 0.3) is 5.91 Å². The van der Waals surface area contributed by atoms with E-state index in [0.717, 1.165) is 22.6 Å². The van der Waals surface area contributed by atoms with E-state index < -0.39 is 0 Å². The van der Waals surface area contributed by atoms with E-state index in [2.05, 4.69) is 10.3 Å². The van der Waals surface area contributed by atoms with Gasteiger partial charge in [-0.05, 0) is 37.6 Å². The van der Waals surface area contributed by atoms with Gasteiger partial charge in [0.15, 0.2) is 0 Å². The number of carbonyl (C=O) groups excluding carboxylic acids is 1. The Morgan fingerprint density at radius 2 is 1.85 bits per heavy atom. The second-order valence-corrected chi connectivity index (χ2v) is 4.75. The first-order valence-electron chi connectivity index (χ1n) is 6.47. The van der Waals surface area contributed by atoms with Gasteiger partial charge in [-0.2, -0.15) is 0 Å². The van der Waals surface area contributed by atoms with Crippen LogP contribution in [-0.2, 0) is 0 Å². The van der Waals surface area contributed by atoms with Gasteiger partial charge >= 0.3 is 0 Å². The number of pyridine rings is 1. The van der Waals surface area contributed by atoms with Crippen molar-refractivity contribution in [3.05, 3.63) is 65.6 Å². The molecule has 0 aliphatic heterocycles. The van der Waals surface area contributed by atoms with E-state index in [1.165, 1.54) is 0 Å². The SMILES string of the molecule is Cc1nc2c(C)cccn2c1C(=O)Nc1ccccc1. The van der Waals surface area contributed by atoms with E-state index in [4.69, 9.17) is 0 Å². The van der Waals surface area contributed by atoms with Gasteiger partial charge < -0.3 is 5.32 Å². The second kappa shape index (κ2) is 4.81. The molecule has 0 saturated carbocycles. The van der Waals surface area contributed by atoms with Crippen molar-refractivity contribution < 1.29 is 4.79 Å². The molecule has 20 heavy (non-hydrogen) atoms. The third-order valence-electron chi connectivity index (χ3n) is 3.27. The highest BCUT2D eigenvalue weighted by atomic mass is 16.2. The number of imidazole rings is 1. The van der Waals surface area contributed by atoms with Crippen molar-refractivity contribution in [1.82, 2.24) is 9.38 Å². The average Bonchev–Trinajstić information content (AvgIpc) is 2.78. The fourth-order valence-electron chi connectivity index (χ4n) is 2.30. The van der Waals surface area contributed by atoms with Gasteiger partial charge in [-0.15, -0.1) is 0 Å². The molecule has 0 fully saturated rings. The molecule has 2 heterocycles. The van der Waals surface area contributed by atoms with Crippen molar-refractivity contribution in [2.24, 2.45) is 0 Å². The standard InChI is InChI=1S/C16H15N3O/c1-11-7-6-10-19-14(12(2)17-15(11)19)16(20)18-13-8-4-3-5-9-13/h3-10H,1-2H3,(H,18,20). The van der Waals surface area contributed by atoms with Crippen LogP contribution < -0.4 is 5.32 Å². The highest BCUT2D eigenvalue weighted by Crippen LogP contribution is 2.17. The van der Waals surface area contributed by atoms with Crippen molar-refractivity contribution in [3.63, 3.8) is 0 Å². The lowest BCUT2D eigenvalue weighted by Gasteiger charge is -2.06. The summed E-state index contributed by atoms with van der Waals surface area (Å²) in [5.74, 6) is -0.146. The number of hydrogen-bond donors (Lipinski definition) is 1. The van der Waals surface area contributed by atoms with E-state index in [1.807, 2.05) is 66.9 Å². The summed E-state index contributed by atoms with van der Waals surface area (Å²) in [6, 6.07) is 13.3. The van der Waals surface area contributed by atoms with E-state index in [0.29, 0.717) is 5.69 Å². The third kappa shape index (κ3) is 2.05. The molecular weight excluding hydrogens is 250 g/mol. The monoisotopic (exact) mass is 265 g/mol. The van der Waals surface area contributed by atoms with Crippen LogP contribution >= 0.6 is 0 Å². The first-order chi connectivity index (χ1) is 9.66. The van der Waals surface area contributed by atoms with Crippen molar-refractivity contribution in [3.8, 4) is 0 Å². The zero-order valence-corrected chi connectivity index (χ0v) is 11.4. The second-order valence-electron chi connectivity index (χ2n) is 4.75. The Balaban J connectivity index is 2.04. The highest BCUT2D eigenvalue weighted by Gasteiger charge is 2.17. The molecule has 1 N–H and O–H groups in total. The van der Waals surface area contributed by atoms with Crippen molar-refractivity contribution >= 4 is 17.2 Å². The third-order valence-corrected chi connectivity index (χ3v) is 3.27. The molecule has 1 amide bonds. The van der Waals surface area contributed by atoms with Crippen LogP contribution in [0.25, 0.3) is 5.65 Å². The number of amides is 1. The van der Waals surface area contributed by atoms with Crippen LogP contribution in [0, 0.1) is 13.8 Å². The van der Waals surface area contributed by atoms with Crippen LogP contribution in [0.15, 0.2) is 48.7 Å². The maximum absolute atomic E-state index is 12.4. The lowest BCUT2D eigenvalue weighted by molar-refractivity contribution is 0.102. The summed E-state index contributed by atoms with van der Waals surface area (Å²) >= 11 is 0. The number of para-hydroxylation sites is 1. The van der Waals surface area contributed by atoms with Gasteiger partial charge in [0.05, 0.1) is 5.69 Å². The van der Waals surface area contributed by atoms with Crippen molar-refractivity contribution in [1.29, 1.82) is 0 Å². The minimum Gasteiger partial charge on any atom is -0.321 e. The summed E-state index contributed by atoms with van der Waals surface area (Å²) in [4.78, 5) is 16.9. The molecule has 0 atom stereocenters. The minimum atomic E-state index is -0.146. The Morgan fingerprint density at radius 3 is 2.60 bits per heavy atom. The van der Waals surface area contributed by atoms with Crippen LogP contribution in [-0.4, -0.2) is 15.3 Å². The fourth-order valence-corrected chi connectivity index (χ4v) is 2.30. The van der Waals surface area contributed by atoms with Gasteiger partial charge in [0.2, 0.25) is 0 Å². The summed E-state index contributed by atoms with van der Waals surface area (Å²) in [5.41, 5.74) is 3.96. The van der Waals surface area contributed by atoms with Crippen molar-refractivity contribution in [2.75, 3.05) is 5.32 Å². The predicted octanol–water partition coefficient (Wildman–Crippen LogP) is 3.20. The van der Waals surface area contributed by atoms with Crippen LogP contribution in [0.2, 0.25) is 0 Å². The zero-order valence-electron chi connectivity index (χ0n) is 11.4. The minimum absolute atomic E-state index is 0.146. The number of nitrogens with one attached hydrogen (secondary N) is 1. The quantitative estimate of drug-likeness (QED) is 0.773. The molecule has 0 unspecified atom stereocenters. The van der Waals surface area contributed by atoms with Gasteiger partial charge in [-0.25, -0.2) is 4.98 Å². The van der Waals surface area contributed by atoms with Crippen molar-refractivity contribution in [2.45, 2.75) is 13.8 Å². The highest BCUT2D eigenvalue weighted by molar-refractivity contribution is 6.04. The lowest BCUT2D eigenvalue weighted by atomic mass is 10.2. The predicted molar refractivity (Wildman–Crippen MR) is 79.1 cm³/mol. The molecule has 2 aromatic heterocycles. The molecule has 3 rings (SSSR count). The topological polar surface area (TPSA) is 46.4 Å². The zero-order chi connectivity index (χ0) is 14.1. The van der Waals surface area contributed by atoms with Crippen LogP contribution in [0.4, 0.5) is 5.69 Å². The van der Waals surface area contributed by atoms with Gasteiger partial charge in [-0.1, -0.05) is 24.3 Å². The van der Waals surface area contributed by atoms with E-state index in [9.17, 15) is 4.79 Å². The van der Waals surface area contributed by atoms with E-state index >= 15 is 0 Å². The molecule has 4 heteroatoms. The first kappa shape index (κ1) is 12.4. The Labute approximate surface area is 117 Å². The summed E-state index contributed by atoms with van der Waals surface area (Å²) in [7, 11) is 0. The molecule has 1 aromatic carbocycles. The first-order valence-corrected chi connectivity index (χ1v) is 6.47.